The Bertz CT molecular complexity index is 349. The number of hydrogen-bond acceptors (Lipinski definition) is 2. The standard InChI is InChI=1S/C10H11ClO3/c1-6(10(12)13)8-4-3-7(14-2)5-9(8)11/h3-6H,1-2H3,(H,12,13). The van der Waals surface area contributed by atoms with Crippen molar-refractivity contribution in [1.29, 1.82) is 0 Å². The predicted molar refractivity (Wildman–Crippen MR) is 54.1 cm³/mol. The molecule has 1 N–H and O–H groups in total. The van der Waals surface area contributed by atoms with Gasteiger partial charge in [0.2, 0.25) is 0 Å². The van der Waals surface area contributed by atoms with Crippen LogP contribution in [0.5, 0.6) is 5.75 Å². The highest BCUT2D eigenvalue weighted by Gasteiger charge is 2.16. The Kier molecular flexibility index (Phi) is 3.36. The van der Waals surface area contributed by atoms with E-state index in [1.54, 1.807) is 25.1 Å². The molecular formula is C10H11ClO3. The maximum atomic E-state index is 10.7. The van der Waals surface area contributed by atoms with E-state index in [1.165, 1.54) is 7.11 Å². The van der Waals surface area contributed by atoms with Gasteiger partial charge in [0.25, 0.3) is 0 Å². The smallest absolute Gasteiger partial charge is 0.310 e. The van der Waals surface area contributed by atoms with E-state index in [2.05, 4.69) is 0 Å². The lowest BCUT2D eigenvalue weighted by Gasteiger charge is -2.09. The number of hydrogen-bond donors (Lipinski definition) is 1. The van der Waals surface area contributed by atoms with Crippen LogP contribution in [0.4, 0.5) is 0 Å². The molecule has 0 heterocycles. The Labute approximate surface area is 87.3 Å². The maximum absolute atomic E-state index is 10.7. The summed E-state index contributed by atoms with van der Waals surface area (Å²) in [7, 11) is 1.53. The van der Waals surface area contributed by atoms with Crippen LogP contribution in [0.2, 0.25) is 5.02 Å². The highest BCUT2D eigenvalue weighted by molar-refractivity contribution is 6.31. The number of benzene rings is 1. The fraction of sp³-hybridized carbons (Fsp3) is 0.300. The number of methoxy groups -OCH3 is 1. The van der Waals surface area contributed by atoms with E-state index < -0.39 is 11.9 Å². The predicted octanol–water partition coefficient (Wildman–Crippen LogP) is 2.54. The minimum atomic E-state index is -0.892. The third-order valence-corrected chi connectivity index (χ3v) is 2.37. The molecular weight excluding hydrogens is 204 g/mol. The Morgan fingerprint density at radius 1 is 1.57 bits per heavy atom. The summed E-state index contributed by atoms with van der Waals surface area (Å²) >= 11 is 5.90. The van der Waals surface area contributed by atoms with Crippen molar-refractivity contribution >= 4 is 17.6 Å². The van der Waals surface area contributed by atoms with Gasteiger partial charge < -0.3 is 9.84 Å². The van der Waals surface area contributed by atoms with Crippen LogP contribution in [0.25, 0.3) is 0 Å². The molecule has 0 saturated heterocycles. The quantitative estimate of drug-likeness (QED) is 0.841. The highest BCUT2D eigenvalue weighted by atomic mass is 35.5. The largest absolute Gasteiger partial charge is 0.497 e. The van der Waals surface area contributed by atoms with E-state index in [4.69, 9.17) is 21.4 Å². The SMILES string of the molecule is COc1ccc(C(C)C(=O)O)c(Cl)c1. The van der Waals surface area contributed by atoms with E-state index in [0.29, 0.717) is 16.3 Å². The second-order valence-electron chi connectivity index (χ2n) is 2.95. The van der Waals surface area contributed by atoms with E-state index in [-0.39, 0.29) is 0 Å². The average Bonchev–Trinajstić information content (AvgIpc) is 2.16. The summed E-state index contributed by atoms with van der Waals surface area (Å²) in [5.74, 6) is -0.873. The molecule has 0 spiro atoms. The van der Waals surface area contributed by atoms with Crippen LogP contribution in [0, 0.1) is 0 Å². The molecule has 4 heteroatoms. The Hall–Kier alpha value is -1.22. The van der Waals surface area contributed by atoms with Crippen molar-refractivity contribution in [3.63, 3.8) is 0 Å². The molecule has 1 unspecified atom stereocenters. The van der Waals surface area contributed by atoms with Gasteiger partial charge in [0.15, 0.2) is 0 Å². The van der Waals surface area contributed by atoms with Gasteiger partial charge in [-0.1, -0.05) is 17.7 Å². The van der Waals surface area contributed by atoms with Crippen LogP contribution in [0.3, 0.4) is 0 Å². The summed E-state index contributed by atoms with van der Waals surface area (Å²) in [6.07, 6.45) is 0. The molecule has 1 aromatic carbocycles. The van der Waals surface area contributed by atoms with Crippen LogP contribution in [0.15, 0.2) is 18.2 Å². The number of ether oxygens (including phenoxy) is 1. The number of rotatable bonds is 3. The Morgan fingerprint density at radius 3 is 2.64 bits per heavy atom. The lowest BCUT2D eigenvalue weighted by Crippen LogP contribution is -2.07. The number of carboxylic acid groups (broad SMARTS) is 1. The Balaban J connectivity index is 3.05. The van der Waals surface area contributed by atoms with E-state index in [1.807, 2.05) is 0 Å². The average molecular weight is 215 g/mol. The maximum Gasteiger partial charge on any atom is 0.310 e. The van der Waals surface area contributed by atoms with E-state index >= 15 is 0 Å². The van der Waals surface area contributed by atoms with Gasteiger partial charge in [-0.05, 0) is 24.6 Å². The minimum absolute atomic E-state index is 0.416. The van der Waals surface area contributed by atoms with Crippen LogP contribution in [-0.4, -0.2) is 18.2 Å². The molecule has 1 atom stereocenters. The molecule has 0 saturated carbocycles. The first-order chi connectivity index (χ1) is 6.56. The lowest BCUT2D eigenvalue weighted by molar-refractivity contribution is -0.138. The molecule has 0 fully saturated rings. The van der Waals surface area contributed by atoms with Crippen molar-refractivity contribution < 1.29 is 14.6 Å². The fourth-order valence-electron chi connectivity index (χ4n) is 1.12. The second kappa shape index (κ2) is 4.33. The molecule has 1 rings (SSSR count). The summed E-state index contributed by atoms with van der Waals surface area (Å²) in [6.45, 7) is 1.59. The van der Waals surface area contributed by atoms with Gasteiger partial charge in [-0.2, -0.15) is 0 Å². The van der Waals surface area contributed by atoms with Crippen LogP contribution in [-0.2, 0) is 4.79 Å². The van der Waals surface area contributed by atoms with Crippen molar-refractivity contribution in [2.45, 2.75) is 12.8 Å². The second-order valence-corrected chi connectivity index (χ2v) is 3.35. The van der Waals surface area contributed by atoms with Gasteiger partial charge in [0.1, 0.15) is 5.75 Å². The summed E-state index contributed by atoms with van der Waals surface area (Å²) in [4.78, 5) is 10.7. The molecule has 0 radical (unpaired) electrons. The third kappa shape index (κ3) is 2.17. The van der Waals surface area contributed by atoms with Gasteiger partial charge >= 0.3 is 5.97 Å². The molecule has 1 aromatic rings. The van der Waals surface area contributed by atoms with Gasteiger partial charge in [0, 0.05) is 5.02 Å². The molecule has 76 valence electrons. The van der Waals surface area contributed by atoms with E-state index in [9.17, 15) is 4.79 Å². The van der Waals surface area contributed by atoms with E-state index in [0.717, 1.165) is 0 Å². The molecule has 0 bridgehead atoms. The molecule has 0 aromatic heterocycles. The zero-order valence-corrected chi connectivity index (χ0v) is 8.71. The lowest BCUT2D eigenvalue weighted by atomic mass is 10.0. The van der Waals surface area contributed by atoms with Crippen molar-refractivity contribution in [1.82, 2.24) is 0 Å². The van der Waals surface area contributed by atoms with Crippen molar-refractivity contribution in [3.05, 3.63) is 28.8 Å². The summed E-state index contributed by atoms with van der Waals surface area (Å²) in [5, 5.41) is 9.21. The molecule has 0 aliphatic rings. The summed E-state index contributed by atoms with van der Waals surface area (Å²) < 4.78 is 4.96. The number of halogens is 1. The van der Waals surface area contributed by atoms with Gasteiger partial charge in [0.05, 0.1) is 13.0 Å². The third-order valence-electron chi connectivity index (χ3n) is 2.04. The number of aliphatic carboxylic acids is 1. The highest BCUT2D eigenvalue weighted by Crippen LogP contribution is 2.28. The first kappa shape index (κ1) is 10.9. The number of carbonyl (C=O) groups is 1. The summed E-state index contributed by atoms with van der Waals surface area (Å²) in [5.41, 5.74) is 0.597. The van der Waals surface area contributed by atoms with Crippen LogP contribution >= 0.6 is 11.6 Å². The monoisotopic (exact) mass is 214 g/mol. The minimum Gasteiger partial charge on any atom is -0.497 e. The topological polar surface area (TPSA) is 46.5 Å². The molecule has 0 aliphatic heterocycles. The number of carboxylic acids is 1. The fourth-order valence-corrected chi connectivity index (χ4v) is 1.45. The molecule has 3 nitrogen and oxygen atoms in total. The first-order valence-corrected chi connectivity index (χ1v) is 4.50. The zero-order valence-electron chi connectivity index (χ0n) is 7.95. The van der Waals surface area contributed by atoms with Crippen LogP contribution < -0.4 is 4.74 Å². The summed E-state index contributed by atoms with van der Waals surface area (Å²) in [6, 6.07) is 4.97. The molecule has 0 aliphatic carbocycles. The normalized spacial score (nSPS) is 12.2. The van der Waals surface area contributed by atoms with Crippen LogP contribution in [0.1, 0.15) is 18.4 Å². The van der Waals surface area contributed by atoms with Gasteiger partial charge in [-0.3, -0.25) is 4.79 Å². The van der Waals surface area contributed by atoms with Gasteiger partial charge in [-0.25, -0.2) is 0 Å². The molecule has 14 heavy (non-hydrogen) atoms. The van der Waals surface area contributed by atoms with Crippen molar-refractivity contribution in [3.8, 4) is 5.75 Å². The van der Waals surface area contributed by atoms with Crippen molar-refractivity contribution in [2.75, 3.05) is 7.11 Å². The van der Waals surface area contributed by atoms with Crippen molar-refractivity contribution in [2.24, 2.45) is 0 Å². The first-order valence-electron chi connectivity index (χ1n) is 4.12. The molecule has 0 amide bonds. The van der Waals surface area contributed by atoms with Gasteiger partial charge in [-0.15, -0.1) is 0 Å². The Morgan fingerprint density at radius 2 is 2.21 bits per heavy atom. The zero-order chi connectivity index (χ0) is 10.7.